The van der Waals surface area contributed by atoms with E-state index in [1.54, 1.807) is 4.90 Å². The third kappa shape index (κ3) is 5.54. The Hall–Kier alpha value is -2.99. The number of nitrogens with one attached hydrogen (secondary N) is 1. The Balaban J connectivity index is 1.70. The van der Waals surface area contributed by atoms with Gasteiger partial charge >= 0.3 is 0 Å². The van der Waals surface area contributed by atoms with Gasteiger partial charge in [0.05, 0.1) is 5.69 Å². The summed E-state index contributed by atoms with van der Waals surface area (Å²) in [4.78, 5) is 32.7. The first-order chi connectivity index (χ1) is 14.5. The molecule has 1 heterocycles. The topological polar surface area (TPSA) is 62.3 Å². The zero-order valence-electron chi connectivity index (χ0n) is 17.6. The molecule has 6 heteroatoms. The number of rotatable bonds is 8. The van der Waals surface area contributed by atoms with Gasteiger partial charge in [-0.2, -0.15) is 0 Å². The third-order valence-electron chi connectivity index (χ3n) is 4.92. The van der Waals surface area contributed by atoms with E-state index in [1.807, 2.05) is 68.4 Å². The van der Waals surface area contributed by atoms with Crippen LogP contribution in [0.4, 0.5) is 5.13 Å². The van der Waals surface area contributed by atoms with E-state index < -0.39 is 0 Å². The van der Waals surface area contributed by atoms with Crippen LogP contribution in [0, 0.1) is 13.8 Å². The van der Waals surface area contributed by atoms with Crippen LogP contribution in [0.15, 0.2) is 54.6 Å². The number of aromatic nitrogens is 1. The van der Waals surface area contributed by atoms with E-state index in [0.29, 0.717) is 17.2 Å². The number of thiazole rings is 1. The van der Waals surface area contributed by atoms with Crippen LogP contribution in [-0.2, 0) is 4.79 Å². The highest BCUT2D eigenvalue weighted by atomic mass is 32.1. The van der Waals surface area contributed by atoms with Crippen molar-refractivity contribution in [3.05, 3.63) is 70.7 Å². The molecule has 0 aliphatic carbocycles. The molecule has 0 saturated carbocycles. The molecule has 156 valence electrons. The third-order valence-corrected chi connectivity index (χ3v) is 5.91. The van der Waals surface area contributed by atoms with Gasteiger partial charge in [0.2, 0.25) is 5.91 Å². The molecule has 0 radical (unpaired) electrons. The van der Waals surface area contributed by atoms with E-state index in [0.717, 1.165) is 34.5 Å². The summed E-state index contributed by atoms with van der Waals surface area (Å²) in [7, 11) is 0. The highest BCUT2D eigenvalue weighted by Gasteiger charge is 2.19. The van der Waals surface area contributed by atoms with Crippen LogP contribution in [0.3, 0.4) is 0 Å². The summed E-state index contributed by atoms with van der Waals surface area (Å²) >= 11 is 1.45. The SMILES string of the molecule is CCCCN(CC(=O)Nc1nc(C)c(C)s1)C(=O)c1ccc(-c2ccccc2)cc1. The molecule has 3 aromatic rings. The quantitative estimate of drug-likeness (QED) is 0.536. The molecule has 30 heavy (non-hydrogen) atoms. The lowest BCUT2D eigenvalue weighted by molar-refractivity contribution is -0.116. The summed E-state index contributed by atoms with van der Waals surface area (Å²) in [6, 6.07) is 17.6. The van der Waals surface area contributed by atoms with Gasteiger partial charge in [-0.1, -0.05) is 55.8 Å². The molecular formula is C24H27N3O2S. The Bertz CT molecular complexity index is 978. The molecule has 2 amide bonds. The zero-order valence-corrected chi connectivity index (χ0v) is 18.5. The van der Waals surface area contributed by atoms with Crippen molar-refractivity contribution in [2.45, 2.75) is 33.6 Å². The average molecular weight is 422 g/mol. The molecule has 2 aromatic carbocycles. The zero-order chi connectivity index (χ0) is 21.5. The molecule has 0 atom stereocenters. The van der Waals surface area contributed by atoms with E-state index in [9.17, 15) is 9.59 Å². The Labute approximate surface area is 181 Å². The van der Waals surface area contributed by atoms with Crippen molar-refractivity contribution in [2.75, 3.05) is 18.4 Å². The number of anilines is 1. The Morgan fingerprint density at radius 2 is 1.67 bits per heavy atom. The Kier molecular flexibility index (Phi) is 7.36. The van der Waals surface area contributed by atoms with Crippen LogP contribution in [-0.4, -0.2) is 34.8 Å². The van der Waals surface area contributed by atoms with Gasteiger partial charge in [0.15, 0.2) is 5.13 Å². The maximum atomic E-state index is 13.1. The van der Waals surface area contributed by atoms with Crippen molar-refractivity contribution in [3.8, 4) is 11.1 Å². The number of unbranched alkanes of at least 4 members (excludes halogenated alkanes) is 1. The molecule has 0 aliphatic rings. The second kappa shape index (κ2) is 10.2. The molecule has 1 N–H and O–H groups in total. The van der Waals surface area contributed by atoms with Crippen LogP contribution < -0.4 is 5.32 Å². The molecule has 0 aliphatic heterocycles. The number of carbonyl (C=O) groups excluding carboxylic acids is 2. The van der Waals surface area contributed by atoms with Crippen molar-refractivity contribution in [1.82, 2.24) is 9.88 Å². The van der Waals surface area contributed by atoms with E-state index in [-0.39, 0.29) is 18.4 Å². The minimum Gasteiger partial charge on any atom is -0.329 e. The second-order valence-electron chi connectivity index (χ2n) is 7.23. The van der Waals surface area contributed by atoms with Gasteiger partial charge in [0, 0.05) is 17.0 Å². The molecule has 0 fully saturated rings. The van der Waals surface area contributed by atoms with E-state index in [2.05, 4.69) is 17.2 Å². The smallest absolute Gasteiger partial charge is 0.254 e. The normalized spacial score (nSPS) is 10.6. The summed E-state index contributed by atoms with van der Waals surface area (Å²) in [5, 5.41) is 3.40. The van der Waals surface area contributed by atoms with Crippen LogP contribution >= 0.6 is 11.3 Å². The molecule has 5 nitrogen and oxygen atoms in total. The molecule has 0 unspecified atom stereocenters. The molecule has 0 bridgehead atoms. The lowest BCUT2D eigenvalue weighted by Crippen LogP contribution is -2.38. The van der Waals surface area contributed by atoms with Crippen molar-refractivity contribution in [2.24, 2.45) is 0 Å². The predicted octanol–water partition coefficient (Wildman–Crippen LogP) is 5.31. The maximum Gasteiger partial charge on any atom is 0.254 e. The first-order valence-electron chi connectivity index (χ1n) is 10.2. The van der Waals surface area contributed by atoms with Gasteiger partial charge in [-0.3, -0.25) is 9.59 Å². The van der Waals surface area contributed by atoms with Crippen molar-refractivity contribution >= 4 is 28.3 Å². The van der Waals surface area contributed by atoms with Gasteiger partial charge < -0.3 is 10.2 Å². The number of benzene rings is 2. The molecule has 3 rings (SSSR count). The first-order valence-corrected chi connectivity index (χ1v) is 11.0. The van der Waals surface area contributed by atoms with Gasteiger partial charge in [-0.05, 0) is 43.5 Å². The largest absolute Gasteiger partial charge is 0.329 e. The number of hydrogen-bond acceptors (Lipinski definition) is 4. The van der Waals surface area contributed by atoms with Crippen molar-refractivity contribution in [3.63, 3.8) is 0 Å². The van der Waals surface area contributed by atoms with E-state index in [4.69, 9.17) is 0 Å². The lowest BCUT2D eigenvalue weighted by Gasteiger charge is -2.22. The van der Waals surface area contributed by atoms with Gasteiger partial charge in [-0.15, -0.1) is 11.3 Å². The van der Waals surface area contributed by atoms with Crippen molar-refractivity contribution in [1.29, 1.82) is 0 Å². The monoisotopic (exact) mass is 421 g/mol. The minimum absolute atomic E-state index is 0.0109. The predicted molar refractivity (Wildman–Crippen MR) is 123 cm³/mol. The van der Waals surface area contributed by atoms with Crippen LogP contribution in [0.1, 0.15) is 40.7 Å². The van der Waals surface area contributed by atoms with E-state index >= 15 is 0 Å². The highest BCUT2D eigenvalue weighted by Crippen LogP contribution is 2.22. The van der Waals surface area contributed by atoms with Gasteiger partial charge in [0.1, 0.15) is 6.54 Å². The minimum atomic E-state index is -0.228. The molecular weight excluding hydrogens is 394 g/mol. The summed E-state index contributed by atoms with van der Waals surface area (Å²) in [5.74, 6) is -0.362. The summed E-state index contributed by atoms with van der Waals surface area (Å²) in [6.45, 7) is 6.51. The summed E-state index contributed by atoms with van der Waals surface area (Å²) in [6.07, 6.45) is 1.79. The van der Waals surface area contributed by atoms with Crippen LogP contribution in [0.25, 0.3) is 11.1 Å². The standard InChI is InChI=1S/C24H27N3O2S/c1-4-5-15-27(16-22(28)26-24-25-17(2)18(3)30-24)23(29)21-13-11-20(12-14-21)19-9-7-6-8-10-19/h6-14H,4-5,15-16H2,1-3H3,(H,25,26,28). The van der Waals surface area contributed by atoms with Crippen molar-refractivity contribution < 1.29 is 9.59 Å². The van der Waals surface area contributed by atoms with Crippen LogP contribution in [0.5, 0.6) is 0 Å². The number of nitrogens with zero attached hydrogens (tertiary/aromatic N) is 2. The van der Waals surface area contributed by atoms with Gasteiger partial charge in [-0.25, -0.2) is 4.98 Å². The second-order valence-corrected chi connectivity index (χ2v) is 8.44. The fourth-order valence-electron chi connectivity index (χ4n) is 3.08. The van der Waals surface area contributed by atoms with Gasteiger partial charge in [0.25, 0.3) is 5.91 Å². The number of amides is 2. The molecule has 1 aromatic heterocycles. The fourth-order valence-corrected chi connectivity index (χ4v) is 3.91. The van der Waals surface area contributed by atoms with E-state index in [1.165, 1.54) is 11.3 Å². The number of carbonyl (C=O) groups is 2. The average Bonchev–Trinajstić information content (AvgIpc) is 3.07. The highest BCUT2D eigenvalue weighted by molar-refractivity contribution is 7.15. The fraction of sp³-hybridized carbons (Fsp3) is 0.292. The molecule has 0 saturated heterocycles. The summed E-state index contributed by atoms with van der Waals surface area (Å²) in [5.41, 5.74) is 3.65. The number of aryl methyl sites for hydroxylation is 2. The Morgan fingerprint density at radius 1 is 1.00 bits per heavy atom. The Morgan fingerprint density at radius 3 is 2.27 bits per heavy atom. The maximum absolute atomic E-state index is 13.1. The lowest BCUT2D eigenvalue weighted by atomic mass is 10.0. The van der Waals surface area contributed by atoms with Crippen LogP contribution in [0.2, 0.25) is 0 Å². The number of hydrogen-bond donors (Lipinski definition) is 1. The first kappa shape index (κ1) is 21.7. The molecule has 0 spiro atoms. The summed E-state index contributed by atoms with van der Waals surface area (Å²) < 4.78 is 0.